The van der Waals surface area contributed by atoms with Gasteiger partial charge in [0, 0.05) is 24.3 Å². The Morgan fingerprint density at radius 3 is 2.56 bits per heavy atom. The van der Waals surface area contributed by atoms with Crippen molar-refractivity contribution < 1.29 is 19.2 Å². The average molecular weight is 368 g/mol. The van der Waals surface area contributed by atoms with E-state index >= 15 is 0 Å². The fourth-order valence-electron chi connectivity index (χ4n) is 3.07. The number of quaternary nitrogens is 1. The number of carbonyl (C=O) groups is 2. The molecule has 0 bridgehead atoms. The summed E-state index contributed by atoms with van der Waals surface area (Å²) in [5.41, 5.74) is 1.63. The molecule has 0 radical (unpaired) electrons. The monoisotopic (exact) mass is 368 g/mol. The molecule has 0 aromatic heterocycles. The van der Waals surface area contributed by atoms with Crippen molar-refractivity contribution in [3.63, 3.8) is 0 Å². The zero-order valence-electron chi connectivity index (χ0n) is 15.6. The Bertz CT molecular complexity index is 762. The molecule has 1 aliphatic heterocycles. The molecule has 6 nitrogen and oxygen atoms in total. The predicted molar refractivity (Wildman–Crippen MR) is 105 cm³/mol. The van der Waals surface area contributed by atoms with Gasteiger partial charge in [-0.3, -0.25) is 9.59 Å². The number of anilines is 2. The maximum Gasteiger partial charge on any atom is 0.279 e. The molecule has 1 saturated heterocycles. The highest BCUT2D eigenvalue weighted by Gasteiger charge is 2.21. The van der Waals surface area contributed by atoms with Crippen LogP contribution in [0, 0.1) is 0 Å². The van der Waals surface area contributed by atoms with Gasteiger partial charge in [-0.1, -0.05) is 18.2 Å². The highest BCUT2D eigenvalue weighted by Crippen LogP contribution is 2.22. The van der Waals surface area contributed by atoms with Gasteiger partial charge in [-0.15, -0.1) is 0 Å². The third-order valence-corrected chi connectivity index (χ3v) is 4.54. The van der Waals surface area contributed by atoms with Crippen LogP contribution in [-0.4, -0.2) is 45.1 Å². The zero-order valence-corrected chi connectivity index (χ0v) is 15.6. The van der Waals surface area contributed by atoms with Crippen LogP contribution in [0.25, 0.3) is 0 Å². The molecule has 142 valence electrons. The lowest BCUT2D eigenvalue weighted by Crippen LogP contribution is -3.10. The fourth-order valence-corrected chi connectivity index (χ4v) is 3.07. The number of rotatable bonds is 8. The van der Waals surface area contributed by atoms with E-state index in [1.54, 1.807) is 4.90 Å². The van der Waals surface area contributed by atoms with Gasteiger partial charge in [0.25, 0.3) is 5.91 Å². The van der Waals surface area contributed by atoms with Crippen molar-refractivity contribution in [1.29, 1.82) is 0 Å². The number of likely N-dealkylation sites (N-methyl/N-ethyl adjacent to an activating group) is 1. The minimum atomic E-state index is -0.0442. The lowest BCUT2D eigenvalue weighted by molar-refractivity contribution is -0.871. The third kappa shape index (κ3) is 5.56. The number of carbonyl (C=O) groups excluding carboxylic acids is 2. The summed E-state index contributed by atoms with van der Waals surface area (Å²) < 4.78 is 5.66. The summed E-state index contributed by atoms with van der Waals surface area (Å²) >= 11 is 0. The lowest BCUT2D eigenvalue weighted by Gasteiger charge is -2.17. The van der Waals surface area contributed by atoms with Gasteiger partial charge in [0.15, 0.2) is 6.54 Å². The molecule has 2 aromatic carbocycles. The molecule has 6 heteroatoms. The van der Waals surface area contributed by atoms with Crippen LogP contribution in [0.3, 0.4) is 0 Å². The van der Waals surface area contributed by atoms with E-state index in [4.69, 9.17) is 4.74 Å². The minimum absolute atomic E-state index is 0.0442. The summed E-state index contributed by atoms with van der Waals surface area (Å²) in [6, 6.07) is 17.1. The van der Waals surface area contributed by atoms with Crippen LogP contribution in [0.5, 0.6) is 5.75 Å². The molecular weight excluding hydrogens is 342 g/mol. The summed E-state index contributed by atoms with van der Waals surface area (Å²) in [6.45, 7) is 2.42. The number of amides is 2. The van der Waals surface area contributed by atoms with Gasteiger partial charge in [0.05, 0.1) is 7.05 Å². The SMILES string of the molecule is C[NH+](CCOc1ccccc1)CC(=O)Nc1ccc(N2CCCC2=O)cc1. The highest BCUT2D eigenvalue weighted by atomic mass is 16.5. The first-order chi connectivity index (χ1) is 13.1. The van der Waals surface area contributed by atoms with E-state index in [-0.39, 0.29) is 11.8 Å². The topological polar surface area (TPSA) is 63.1 Å². The number of hydrogen-bond acceptors (Lipinski definition) is 3. The van der Waals surface area contributed by atoms with Crippen molar-refractivity contribution in [2.24, 2.45) is 0 Å². The van der Waals surface area contributed by atoms with E-state index in [0.717, 1.165) is 41.5 Å². The Morgan fingerprint density at radius 2 is 1.89 bits per heavy atom. The molecule has 2 aromatic rings. The van der Waals surface area contributed by atoms with Crippen LogP contribution in [0.15, 0.2) is 54.6 Å². The third-order valence-electron chi connectivity index (χ3n) is 4.54. The minimum Gasteiger partial charge on any atom is -0.488 e. The fraction of sp³-hybridized carbons (Fsp3) is 0.333. The van der Waals surface area contributed by atoms with E-state index in [1.807, 2.05) is 61.6 Å². The van der Waals surface area contributed by atoms with Gasteiger partial charge < -0.3 is 19.9 Å². The van der Waals surface area contributed by atoms with E-state index in [1.165, 1.54) is 0 Å². The Kier molecular flexibility index (Phi) is 6.44. The molecular formula is C21H26N3O3+. The number of hydrogen-bond donors (Lipinski definition) is 2. The first-order valence-electron chi connectivity index (χ1n) is 9.31. The molecule has 1 unspecified atom stereocenters. The second-order valence-corrected chi connectivity index (χ2v) is 6.79. The second kappa shape index (κ2) is 9.19. The van der Waals surface area contributed by atoms with Crippen molar-refractivity contribution in [3.05, 3.63) is 54.6 Å². The molecule has 0 aliphatic carbocycles. The number of nitrogens with one attached hydrogen (secondary N) is 2. The van der Waals surface area contributed by atoms with Gasteiger partial charge in [-0.2, -0.15) is 0 Å². The van der Waals surface area contributed by atoms with Crippen molar-refractivity contribution in [1.82, 2.24) is 0 Å². The molecule has 1 heterocycles. The van der Waals surface area contributed by atoms with Gasteiger partial charge in [-0.25, -0.2) is 0 Å². The molecule has 0 saturated carbocycles. The van der Waals surface area contributed by atoms with Crippen LogP contribution in [0.1, 0.15) is 12.8 Å². The Hall–Kier alpha value is -2.86. The lowest BCUT2D eigenvalue weighted by atomic mass is 10.2. The average Bonchev–Trinajstić information content (AvgIpc) is 3.09. The Balaban J connectivity index is 1.41. The largest absolute Gasteiger partial charge is 0.488 e. The van der Waals surface area contributed by atoms with Gasteiger partial charge in [0.2, 0.25) is 5.91 Å². The predicted octanol–water partition coefficient (Wildman–Crippen LogP) is 1.35. The van der Waals surface area contributed by atoms with Gasteiger partial charge in [0.1, 0.15) is 18.9 Å². The highest BCUT2D eigenvalue weighted by molar-refractivity contribution is 5.96. The summed E-state index contributed by atoms with van der Waals surface area (Å²) in [5, 5.41) is 2.91. The van der Waals surface area contributed by atoms with Crippen LogP contribution in [0.4, 0.5) is 11.4 Å². The standard InChI is InChI=1S/C21H25N3O3/c1-23(14-15-27-19-6-3-2-4-7-19)16-20(25)22-17-9-11-18(12-10-17)24-13-5-8-21(24)26/h2-4,6-7,9-12H,5,8,13-16H2,1H3,(H,22,25)/p+1. The zero-order chi connectivity index (χ0) is 19.1. The first kappa shape index (κ1) is 18.9. The Labute approximate surface area is 159 Å². The van der Waals surface area contributed by atoms with E-state index in [0.29, 0.717) is 19.6 Å². The van der Waals surface area contributed by atoms with E-state index in [9.17, 15) is 9.59 Å². The number of ether oxygens (including phenoxy) is 1. The molecule has 2 N–H and O–H groups in total. The molecule has 3 rings (SSSR count). The maximum atomic E-state index is 12.2. The smallest absolute Gasteiger partial charge is 0.279 e. The van der Waals surface area contributed by atoms with E-state index < -0.39 is 0 Å². The van der Waals surface area contributed by atoms with Crippen LogP contribution in [0.2, 0.25) is 0 Å². The molecule has 1 aliphatic rings. The van der Waals surface area contributed by atoms with Gasteiger partial charge >= 0.3 is 0 Å². The maximum absolute atomic E-state index is 12.2. The molecule has 27 heavy (non-hydrogen) atoms. The van der Waals surface area contributed by atoms with Crippen molar-refractivity contribution in [2.45, 2.75) is 12.8 Å². The normalized spacial score (nSPS) is 14.9. The molecule has 2 amide bonds. The summed E-state index contributed by atoms with van der Waals surface area (Å²) in [7, 11) is 1.97. The van der Waals surface area contributed by atoms with Crippen molar-refractivity contribution >= 4 is 23.2 Å². The van der Waals surface area contributed by atoms with E-state index in [2.05, 4.69) is 5.32 Å². The number of nitrogens with zero attached hydrogens (tertiary/aromatic N) is 1. The van der Waals surface area contributed by atoms with Crippen molar-refractivity contribution in [2.75, 3.05) is 43.5 Å². The molecule has 1 fully saturated rings. The first-order valence-corrected chi connectivity index (χ1v) is 9.31. The van der Waals surface area contributed by atoms with Crippen LogP contribution in [-0.2, 0) is 9.59 Å². The van der Waals surface area contributed by atoms with Crippen LogP contribution < -0.4 is 19.9 Å². The van der Waals surface area contributed by atoms with Crippen molar-refractivity contribution in [3.8, 4) is 5.75 Å². The Morgan fingerprint density at radius 1 is 1.15 bits per heavy atom. The number of para-hydroxylation sites is 1. The summed E-state index contributed by atoms with van der Waals surface area (Å²) in [4.78, 5) is 26.9. The molecule has 1 atom stereocenters. The summed E-state index contributed by atoms with van der Waals surface area (Å²) in [6.07, 6.45) is 1.52. The second-order valence-electron chi connectivity index (χ2n) is 6.79. The summed E-state index contributed by atoms with van der Waals surface area (Å²) in [5.74, 6) is 0.957. The quantitative estimate of drug-likeness (QED) is 0.739. The van der Waals surface area contributed by atoms with Gasteiger partial charge in [-0.05, 0) is 42.8 Å². The molecule has 0 spiro atoms. The number of benzene rings is 2. The van der Waals surface area contributed by atoms with Crippen LogP contribution >= 0.6 is 0 Å².